The first kappa shape index (κ1) is 13.7. The number of hydrogen-bond acceptors (Lipinski definition) is 2. The summed E-state index contributed by atoms with van der Waals surface area (Å²) < 4.78 is -0.500. The van der Waals surface area contributed by atoms with Crippen LogP contribution in [-0.2, 0) is 4.79 Å². The van der Waals surface area contributed by atoms with Crippen LogP contribution in [-0.4, -0.2) is 32.5 Å². The van der Waals surface area contributed by atoms with Crippen LogP contribution in [0.25, 0.3) is 0 Å². The van der Waals surface area contributed by atoms with Gasteiger partial charge in [0.25, 0.3) is 0 Å². The second-order valence-corrected chi connectivity index (χ2v) is 7.12. The van der Waals surface area contributed by atoms with E-state index in [0.29, 0.717) is 19.4 Å². The normalized spacial score (nSPS) is 31.2. The first-order valence-electron chi connectivity index (χ1n) is 5.37. The SMILES string of the molecule is CC(C)(C)C1(I)CC(C=O)CCN1C(=O)O. The Balaban J connectivity index is 3.05. The molecule has 4 nitrogen and oxygen atoms in total. The second kappa shape index (κ2) is 4.50. The highest BCUT2D eigenvalue weighted by molar-refractivity contribution is 14.1. The summed E-state index contributed by atoms with van der Waals surface area (Å²) in [6.45, 7) is 6.49. The Kier molecular flexibility index (Phi) is 3.87. The maximum Gasteiger partial charge on any atom is 0.408 e. The van der Waals surface area contributed by atoms with Crippen molar-refractivity contribution in [3.8, 4) is 0 Å². The lowest BCUT2D eigenvalue weighted by molar-refractivity contribution is -0.113. The number of hydrogen-bond donors (Lipinski definition) is 1. The van der Waals surface area contributed by atoms with Crippen LogP contribution in [0.15, 0.2) is 0 Å². The van der Waals surface area contributed by atoms with E-state index in [2.05, 4.69) is 22.6 Å². The molecule has 1 N–H and O–H groups in total. The lowest BCUT2D eigenvalue weighted by atomic mass is 9.77. The predicted octanol–water partition coefficient (Wildman–Crippen LogP) is 2.75. The molecule has 1 fully saturated rings. The number of carbonyl (C=O) groups is 2. The van der Waals surface area contributed by atoms with E-state index >= 15 is 0 Å². The van der Waals surface area contributed by atoms with Crippen molar-refractivity contribution in [2.75, 3.05) is 6.54 Å². The number of carbonyl (C=O) groups excluding carboxylic acids is 1. The van der Waals surface area contributed by atoms with Gasteiger partial charge in [-0.3, -0.25) is 4.90 Å². The van der Waals surface area contributed by atoms with Crippen LogP contribution < -0.4 is 0 Å². The van der Waals surface area contributed by atoms with E-state index in [0.717, 1.165) is 6.29 Å². The molecule has 0 spiro atoms. The van der Waals surface area contributed by atoms with Gasteiger partial charge in [-0.25, -0.2) is 4.79 Å². The van der Waals surface area contributed by atoms with Gasteiger partial charge in [0.15, 0.2) is 0 Å². The van der Waals surface area contributed by atoms with Gasteiger partial charge in [-0.2, -0.15) is 0 Å². The van der Waals surface area contributed by atoms with Crippen LogP contribution in [0.4, 0.5) is 4.79 Å². The molecular weight excluding hydrogens is 321 g/mol. The molecule has 1 aliphatic heterocycles. The van der Waals surface area contributed by atoms with Crippen LogP contribution >= 0.6 is 22.6 Å². The third kappa shape index (κ3) is 2.33. The number of rotatable bonds is 1. The maximum atomic E-state index is 11.2. The third-order valence-electron chi connectivity index (χ3n) is 3.26. The third-order valence-corrected chi connectivity index (χ3v) is 5.90. The summed E-state index contributed by atoms with van der Waals surface area (Å²) in [6, 6.07) is 0. The van der Waals surface area contributed by atoms with Crippen molar-refractivity contribution in [2.24, 2.45) is 11.3 Å². The van der Waals surface area contributed by atoms with Crippen LogP contribution in [0.1, 0.15) is 33.6 Å². The molecule has 1 heterocycles. The van der Waals surface area contributed by atoms with Crippen LogP contribution in [0, 0.1) is 11.3 Å². The minimum absolute atomic E-state index is 0.0216. The van der Waals surface area contributed by atoms with Crippen molar-refractivity contribution in [2.45, 2.75) is 37.2 Å². The molecule has 1 rings (SSSR count). The molecule has 92 valence electrons. The molecule has 0 saturated carbocycles. The molecule has 1 aliphatic rings. The average Bonchev–Trinajstić information content (AvgIpc) is 2.15. The summed E-state index contributed by atoms with van der Waals surface area (Å²) in [4.78, 5) is 23.6. The molecule has 5 heteroatoms. The Morgan fingerprint density at radius 2 is 2.12 bits per heavy atom. The van der Waals surface area contributed by atoms with Crippen molar-refractivity contribution >= 4 is 35.0 Å². The zero-order valence-electron chi connectivity index (χ0n) is 9.86. The van der Waals surface area contributed by atoms with Crippen LogP contribution in [0.5, 0.6) is 0 Å². The molecule has 0 bridgehead atoms. The molecule has 0 radical (unpaired) electrons. The molecule has 1 saturated heterocycles. The van der Waals surface area contributed by atoms with Gasteiger partial charge in [-0.1, -0.05) is 43.4 Å². The number of carboxylic acid groups (broad SMARTS) is 1. The van der Waals surface area contributed by atoms with Gasteiger partial charge < -0.3 is 9.90 Å². The van der Waals surface area contributed by atoms with Crippen molar-refractivity contribution < 1.29 is 14.7 Å². The van der Waals surface area contributed by atoms with Gasteiger partial charge in [-0.05, 0) is 18.3 Å². The van der Waals surface area contributed by atoms with E-state index < -0.39 is 9.64 Å². The molecule has 0 aliphatic carbocycles. The maximum absolute atomic E-state index is 11.2. The summed E-state index contributed by atoms with van der Waals surface area (Å²) in [5.74, 6) is -0.0216. The van der Waals surface area contributed by atoms with Gasteiger partial charge in [0.1, 0.15) is 9.83 Å². The summed E-state index contributed by atoms with van der Waals surface area (Å²) >= 11 is 2.20. The standard InChI is InChI=1S/C11H18INO3/c1-10(2,3)11(12)6-8(7-14)4-5-13(11)9(15)16/h7-8H,4-6H2,1-3H3,(H,15,16). The molecular formula is C11H18INO3. The Bertz CT molecular complexity index is 300. The fourth-order valence-corrected chi connectivity index (χ4v) is 3.12. The number of piperidine rings is 1. The summed E-state index contributed by atoms with van der Waals surface area (Å²) in [5, 5.41) is 9.23. The molecule has 0 aromatic carbocycles. The average molecular weight is 339 g/mol. The molecule has 2 unspecified atom stereocenters. The monoisotopic (exact) mass is 339 g/mol. The fourth-order valence-electron chi connectivity index (χ4n) is 2.11. The topological polar surface area (TPSA) is 57.6 Å². The van der Waals surface area contributed by atoms with E-state index in [1.807, 2.05) is 20.8 Å². The number of alkyl halides is 1. The Labute approximate surface area is 110 Å². The zero-order valence-corrected chi connectivity index (χ0v) is 12.0. The molecule has 0 aromatic rings. The molecule has 0 aromatic heterocycles. The van der Waals surface area contributed by atoms with E-state index in [-0.39, 0.29) is 11.3 Å². The minimum atomic E-state index is -0.895. The number of aldehydes is 1. The Morgan fingerprint density at radius 1 is 1.56 bits per heavy atom. The summed E-state index contributed by atoms with van der Waals surface area (Å²) in [6.07, 6.45) is 1.30. The van der Waals surface area contributed by atoms with Crippen molar-refractivity contribution in [3.05, 3.63) is 0 Å². The smallest absolute Gasteiger partial charge is 0.408 e. The van der Waals surface area contributed by atoms with Crippen molar-refractivity contribution in [3.63, 3.8) is 0 Å². The highest BCUT2D eigenvalue weighted by Gasteiger charge is 2.50. The van der Waals surface area contributed by atoms with Gasteiger partial charge in [0, 0.05) is 12.5 Å². The fraction of sp³-hybridized carbons (Fsp3) is 0.818. The minimum Gasteiger partial charge on any atom is -0.465 e. The quantitative estimate of drug-likeness (QED) is 0.346. The Morgan fingerprint density at radius 3 is 2.50 bits per heavy atom. The van der Waals surface area contributed by atoms with Gasteiger partial charge in [-0.15, -0.1) is 0 Å². The van der Waals surface area contributed by atoms with Crippen LogP contribution in [0.3, 0.4) is 0 Å². The lowest BCUT2D eigenvalue weighted by Gasteiger charge is -2.51. The van der Waals surface area contributed by atoms with E-state index in [1.165, 1.54) is 4.90 Å². The number of nitrogens with zero attached hydrogens (tertiary/aromatic N) is 1. The van der Waals surface area contributed by atoms with Gasteiger partial charge in [0.05, 0.1) is 0 Å². The van der Waals surface area contributed by atoms with E-state index in [4.69, 9.17) is 0 Å². The number of halogens is 1. The van der Waals surface area contributed by atoms with E-state index in [9.17, 15) is 14.7 Å². The second-order valence-electron chi connectivity index (χ2n) is 5.33. The number of amides is 1. The van der Waals surface area contributed by atoms with Gasteiger partial charge >= 0.3 is 6.09 Å². The molecule has 1 amide bonds. The zero-order chi connectivity index (χ0) is 12.6. The van der Waals surface area contributed by atoms with Gasteiger partial charge in [0.2, 0.25) is 0 Å². The van der Waals surface area contributed by atoms with Crippen molar-refractivity contribution in [1.82, 2.24) is 4.90 Å². The van der Waals surface area contributed by atoms with E-state index in [1.54, 1.807) is 0 Å². The molecule has 2 atom stereocenters. The predicted molar refractivity (Wildman–Crippen MR) is 69.7 cm³/mol. The van der Waals surface area contributed by atoms with Crippen molar-refractivity contribution in [1.29, 1.82) is 0 Å². The molecule has 16 heavy (non-hydrogen) atoms. The highest BCUT2D eigenvalue weighted by atomic mass is 127. The van der Waals surface area contributed by atoms with Crippen LogP contribution in [0.2, 0.25) is 0 Å². The summed E-state index contributed by atoms with van der Waals surface area (Å²) in [5.41, 5.74) is -0.187. The number of likely N-dealkylation sites (tertiary alicyclic amines) is 1. The summed E-state index contributed by atoms with van der Waals surface area (Å²) in [7, 11) is 0. The Hall–Kier alpha value is -0.330. The largest absolute Gasteiger partial charge is 0.465 e. The first-order valence-corrected chi connectivity index (χ1v) is 6.45. The first-order chi connectivity index (χ1) is 7.22. The highest BCUT2D eigenvalue weighted by Crippen LogP contribution is 2.48. The lowest BCUT2D eigenvalue weighted by Crippen LogP contribution is -2.58.